The maximum absolute atomic E-state index is 9.92. The van der Waals surface area contributed by atoms with Crippen molar-refractivity contribution in [3.63, 3.8) is 0 Å². The van der Waals surface area contributed by atoms with Crippen LogP contribution in [0.3, 0.4) is 0 Å². The summed E-state index contributed by atoms with van der Waals surface area (Å²) in [6.07, 6.45) is 8.69. The Kier molecular flexibility index (Phi) is 8.67. The summed E-state index contributed by atoms with van der Waals surface area (Å²) < 4.78 is 5.79. The van der Waals surface area contributed by atoms with E-state index < -0.39 is 0 Å². The van der Waals surface area contributed by atoms with Crippen molar-refractivity contribution in [3.8, 4) is 0 Å². The van der Waals surface area contributed by atoms with Crippen LogP contribution in [0, 0.1) is 5.92 Å². The average Bonchev–Trinajstić information content (AvgIpc) is 2.41. The maximum Gasteiger partial charge on any atom is 0.0897 e. The molecule has 0 aromatic rings. The molecule has 2 N–H and O–H groups in total. The maximum atomic E-state index is 9.92. The van der Waals surface area contributed by atoms with Crippen molar-refractivity contribution in [1.82, 2.24) is 5.32 Å². The molecule has 1 aliphatic carbocycles. The fourth-order valence-electron chi connectivity index (χ4n) is 2.56. The first kappa shape index (κ1) is 16.9. The molecule has 1 rings (SSSR count). The van der Waals surface area contributed by atoms with E-state index in [1.54, 1.807) is 0 Å². The van der Waals surface area contributed by atoms with Gasteiger partial charge in [0.25, 0.3) is 0 Å². The second-order valence-electron chi connectivity index (χ2n) is 6.53. The molecular formula is C16H33NO2. The molecule has 0 aliphatic heterocycles. The molecule has 19 heavy (non-hydrogen) atoms. The van der Waals surface area contributed by atoms with Crippen LogP contribution in [-0.2, 0) is 4.74 Å². The van der Waals surface area contributed by atoms with E-state index in [1.807, 2.05) is 0 Å². The Morgan fingerprint density at radius 2 is 1.79 bits per heavy atom. The van der Waals surface area contributed by atoms with Gasteiger partial charge in [0.05, 0.1) is 18.8 Å². The van der Waals surface area contributed by atoms with Gasteiger partial charge in [-0.15, -0.1) is 0 Å². The van der Waals surface area contributed by atoms with E-state index in [-0.39, 0.29) is 6.10 Å². The van der Waals surface area contributed by atoms with E-state index in [0.717, 1.165) is 5.92 Å². The molecule has 0 amide bonds. The van der Waals surface area contributed by atoms with Gasteiger partial charge in [-0.1, -0.05) is 33.1 Å². The highest BCUT2D eigenvalue weighted by Crippen LogP contribution is 2.20. The number of aliphatic hydroxyl groups excluding tert-OH is 1. The Hall–Kier alpha value is -0.120. The largest absolute Gasteiger partial charge is 0.389 e. The molecule has 0 radical (unpaired) electrons. The lowest BCUT2D eigenvalue weighted by atomic mass is 9.98. The number of aliphatic hydroxyl groups is 1. The van der Waals surface area contributed by atoms with Gasteiger partial charge in [0, 0.05) is 12.6 Å². The fourth-order valence-corrected chi connectivity index (χ4v) is 2.56. The summed E-state index contributed by atoms with van der Waals surface area (Å²) in [5, 5.41) is 13.3. The summed E-state index contributed by atoms with van der Waals surface area (Å²) in [7, 11) is 0. The van der Waals surface area contributed by atoms with Crippen molar-refractivity contribution in [1.29, 1.82) is 0 Å². The quantitative estimate of drug-likeness (QED) is 0.677. The lowest BCUT2D eigenvalue weighted by Gasteiger charge is -2.24. The Morgan fingerprint density at radius 3 is 2.42 bits per heavy atom. The highest BCUT2D eigenvalue weighted by atomic mass is 16.5. The van der Waals surface area contributed by atoms with Crippen LogP contribution in [0.1, 0.15) is 65.7 Å². The third kappa shape index (κ3) is 8.61. The Bertz CT molecular complexity index is 215. The molecule has 3 nitrogen and oxygen atoms in total. The Balaban J connectivity index is 2.01. The number of ether oxygens (including phenoxy) is 1. The Morgan fingerprint density at radius 1 is 1.11 bits per heavy atom. The first-order valence-corrected chi connectivity index (χ1v) is 8.11. The van der Waals surface area contributed by atoms with Crippen LogP contribution in [0.5, 0.6) is 0 Å². The zero-order valence-corrected chi connectivity index (χ0v) is 13.0. The summed E-state index contributed by atoms with van der Waals surface area (Å²) in [5.41, 5.74) is 0. The molecule has 1 fully saturated rings. The minimum absolute atomic E-state index is 0.372. The van der Waals surface area contributed by atoms with E-state index in [2.05, 4.69) is 26.1 Å². The van der Waals surface area contributed by atoms with E-state index in [1.165, 1.54) is 44.9 Å². The van der Waals surface area contributed by atoms with Gasteiger partial charge >= 0.3 is 0 Å². The molecule has 1 saturated carbocycles. The van der Waals surface area contributed by atoms with Crippen LogP contribution in [0.2, 0.25) is 0 Å². The molecule has 0 spiro atoms. The number of hydrogen-bond donors (Lipinski definition) is 2. The number of nitrogens with one attached hydrogen (secondary N) is 1. The summed E-state index contributed by atoms with van der Waals surface area (Å²) in [6.45, 7) is 7.82. The van der Waals surface area contributed by atoms with Gasteiger partial charge in [-0.2, -0.15) is 0 Å². The molecule has 0 unspecified atom stereocenters. The highest BCUT2D eigenvalue weighted by molar-refractivity contribution is 4.69. The first-order chi connectivity index (χ1) is 9.08. The standard InChI is InChI=1S/C16H33NO2/c1-13(2)9-10-14(3)17-11-15(18)12-19-16-7-5-4-6-8-16/h13-18H,4-12H2,1-3H3/t14-,15+/m0/s1. The van der Waals surface area contributed by atoms with Gasteiger partial charge in [0.2, 0.25) is 0 Å². The van der Waals surface area contributed by atoms with Crippen LogP contribution in [0.15, 0.2) is 0 Å². The first-order valence-electron chi connectivity index (χ1n) is 8.11. The van der Waals surface area contributed by atoms with Crippen LogP contribution in [0.4, 0.5) is 0 Å². The molecule has 0 saturated heterocycles. The third-order valence-electron chi connectivity index (χ3n) is 3.96. The van der Waals surface area contributed by atoms with Gasteiger partial charge in [-0.25, -0.2) is 0 Å². The molecule has 0 aromatic heterocycles. The number of hydrogen-bond acceptors (Lipinski definition) is 3. The third-order valence-corrected chi connectivity index (χ3v) is 3.96. The smallest absolute Gasteiger partial charge is 0.0897 e. The summed E-state index contributed by atoms with van der Waals surface area (Å²) in [4.78, 5) is 0. The van der Waals surface area contributed by atoms with E-state index >= 15 is 0 Å². The molecule has 0 heterocycles. The second-order valence-corrected chi connectivity index (χ2v) is 6.53. The molecular weight excluding hydrogens is 238 g/mol. The summed E-state index contributed by atoms with van der Waals surface area (Å²) in [5.74, 6) is 0.754. The van der Waals surface area contributed by atoms with Crippen LogP contribution in [0.25, 0.3) is 0 Å². The zero-order chi connectivity index (χ0) is 14.1. The molecule has 2 atom stereocenters. The molecule has 0 aromatic carbocycles. The lowest BCUT2D eigenvalue weighted by molar-refractivity contribution is -0.0235. The van der Waals surface area contributed by atoms with Gasteiger partial charge in [0.1, 0.15) is 0 Å². The van der Waals surface area contributed by atoms with Crippen molar-refractivity contribution < 1.29 is 9.84 Å². The lowest BCUT2D eigenvalue weighted by Crippen LogP contribution is -2.37. The van der Waals surface area contributed by atoms with Crippen molar-refractivity contribution in [2.24, 2.45) is 5.92 Å². The average molecular weight is 271 g/mol. The van der Waals surface area contributed by atoms with Gasteiger partial charge in [-0.3, -0.25) is 0 Å². The van der Waals surface area contributed by atoms with Crippen molar-refractivity contribution in [2.75, 3.05) is 13.2 Å². The fraction of sp³-hybridized carbons (Fsp3) is 1.00. The minimum Gasteiger partial charge on any atom is -0.389 e. The van der Waals surface area contributed by atoms with Crippen LogP contribution in [-0.4, -0.2) is 36.5 Å². The Labute approximate surface area is 119 Å². The SMILES string of the molecule is CC(C)CC[C@H](C)NC[C@@H](O)COC1CCCCC1. The summed E-state index contributed by atoms with van der Waals surface area (Å²) in [6, 6.07) is 0.478. The van der Waals surface area contributed by atoms with Crippen LogP contribution < -0.4 is 5.32 Å². The molecule has 0 bridgehead atoms. The van der Waals surface area contributed by atoms with Gasteiger partial charge in [0.15, 0.2) is 0 Å². The van der Waals surface area contributed by atoms with Gasteiger partial charge in [-0.05, 0) is 38.5 Å². The van der Waals surface area contributed by atoms with E-state index in [9.17, 15) is 5.11 Å². The van der Waals surface area contributed by atoms with Gasteiger partial charge < -0.3 is 15.2 Å². The van der Waals surface area contributed by atoms with E-state index in [0.29, 0.717) is 25.3 Å². The van der Waals surface area contributed by atoms with Crippen molar-refractivity contribution in [3.05, 3.63) is 0 Å². The van der Waals surface area contributed by atoms with Crippen molar-refractivity contribution >= 4 is 0 Å². The van der Waals surface area contributed by atoms with Crippen LogP contribution >= 0.6 is 0 Å². The topological polar surface area (TPSA) is 41.5 Å². The second kappa shape index (κ2) is 9.73. The monoisotopic (exact) mass is 271 g/mol. The zero-order valence-electron chi connectivity index (χ0n) is 13.0. The predicted octanol–water partition coefficient (Wildman–Crippen LogP) is 3.11. The number of rotatable bonds is 9. The molecule has 1 aliphatic rings. The minimum atomic E-state index is -0.372. The van der Waals surface area contributed by atoms with Crippen molar-refractivity contribution in [2.45, 2.75) is 84.0 Å². The normalized spacial score (nSPS) is 20.7. The summed E-state index contributed by atoms with van der Waals surface area (Å²) >= 11 is 0. The van der Waals surface area contributed by atoms with E-state index in [4.69, 9.17) is 4.74 Å². The molecule has 3 heteroatoms. The highest BCUT2D eigenvalue weighted by Gasteiger charge is 2.15. The molecule has 114 valence electrons. The predicted molar refractivity (Wildman–Crippen MR) is 80.4 cm³/mol.